The lowest BCUT2D eigenvalue weighted by molar-refractivity contribution is -0.302. The Kier molecular flexibility index (Phi) is 9.10. The molecule has 2 fully saturated rings. The van der Waals surface area contributed by atoms with E-state index in [1.165, 1.54) is 6.92 Å². The van der Waals surface area contributed by atoms with Crippen LogP contribution in [0.15, 0.2) is 10.2 Å². The van der Waals surface area contributed by atoms with Crippen LogP contribution in [0.1, 0.15) is 39.5 Å². The van der Waals surface area contributed by atoms with Gasteiger partial charge < -0.3 is 35.0 Å². The van der Waals surface area contributed by atoms with Gasteiger partial charge in [0.05, 0.1) is 30.5 Å². The largest absolute Gasteiger partial charge is 0.391 e. The molecule has 2 rings (SSSR count). The first kappa shape index (κ1) is 24.6. The van der Waals surface area contributed by atoms with Gasteiger partial charge in [0.2, 0.25) is 0 Å². The molecule has 0 aromatic rings. The minimum absolute atomic E-state index is 0.261. The number of aliphatic hydroxyl groups is 5. The molecule has 1 heterocycles. The fourth-order valence-electron chi connectivity index (χ4n) is 4.11. The van der Waals surface area contributed by atoms with Crippen LogP contribution >= 0.6 is 0 Å². The van der Waals surface area contributed by atoms with Gasteiger partial charge in [-0.25, -0.2) is 0 Å². The van der Waals surface area contributed by atoms with Crippen LogP contribution in [0.25, 0.3) is 20.9 Å². The molecule has 1 aliphatic carbocycles. The van der Waals surface area contributed by atoms with Crippen molar-refractivity contribution in [2.75, 3.05) is 0 Å². The highest BCUT2D eigenvalue weighted by atomic mass is 16.7. The van der Waals surface area contributed by atoms with Gasteiger partial charge in [0.1, 0.15) is 24.4 Å². The normalized spacial score (nSPS) is 42.6. The number of hydrogen-bond donors (Lipinski definition) is 5. The monoisotopic (exact) mass is 430 g/mol. The molecule has 170 valence electrons. The zero-order chi connectivity index (χ0) is 22.4. The zero-order valence-corrected chi connectivity index (χ0v) is 16.9. The van der Waals surface area contributed by atoms with E-state index >= 15 is 0 Å². The first-order valence-electron chi connectivity index (χ1n) is 10.1. The molecule has 0 amide bonds. The molecule has 0 bridgehead atoms. The number of azide groups is 2. The van der Waals surface area contributed by atoms with E-state index in [-0.39, 0.29) is 12.3 Å². The second kappa shape index (κ2) is 11.1. The van der Waals surface area contributed by atoms with Gasteiger partial charge in [0.25, 0.3) is 0 Å². The molecule has 0 spiro atoms. The van der Waals surface area contributed by atoms with Gasteiger partial charge in [-0.2, -0.15) is 0 Å². The second-order valence-corrected chi connectivity index (χ2v) is 7.88. The maximum Gasteiger partial charge on any atom is 0.169 e. The minimum Gasteiger partial charge on any atom is -0.391 e. The summed E-state index contributed by atoms with van der Waals surface area (Å²) in [5, 5.41) is 58.6. The summed E-state index contributed by atoms with van der Waals surface area (Å²) in [7, 11) is 0. The van der Waals surface area contributed by atoms with Crippen molar-refractivity contribution < 1.29 is 35.0 Å². The van der Waals surface area contributed by atoms with Crippen LogP contribution in [-0.4, -0.2) is 86.6 Å². The summed E-state index contributed by atoms with van der Waals surface area (Å²) in [5.41, 5.74) is 17.8. The highest BCUT2D eigenvalue weighted by Gasteiger charge is 2.50. The van der Waals surface area contributed by atoms with E-state index in [1.807, 2.05) is 6.92 Å². The Morgan fingerprint density at radius 2 is 1.73 bits per heavy atom. The van der Waals surface area contributed by atoms with Crippen molar-refractivity contribution >= 4 is 0 Å². The molecular weight excluding hydrogens is 400 g/mol. The van der Waals surface area contributed by atoms with Gasteiger partial charge in [0, 0.05) is 9.82 Å². The van der Waals surface area contributed by atoms with Crippen molar-refractivity contribution in [1.82, 2.24) is 0 Å². The Balaban J connectivity index is 2.28. The van der Waals surface area contributed by atoms with E-state index in [9.17, 15) is 25.5 Å². The fraction of sp³-hybridized carbons (Fsp3) is 1.00. The molecule has 5 N–H and O–H groups in total. The Morgan fingerprint density at radius 3 is 2.30 bits per heavy atom. The molecule has 4 unspecified atom stereocenters. The molecule has 2 aliphatic rings. The molecule has 13 nitrogen and oxygen atoms in total. The lowest BCUT2D eigenvalue weighted by atomic mass is 9.77. The number of rotatable bonds is 8. The first-order chi connectivity index (χ1) is 14.3. The van der Waals surface area contributed by atoms with Crippen LogP contribution in [0.5, 0.6) is 0 Å². The van der Waals surface area contributed by atoms with Crippen LogP contribution in [-0.2, 0) is 9.47 Å². The van der Waals surface area contributed by atoms with E-state index in [2.05, 4.69) is 20.1 Å². The Labute approximate surface area is 173 Å². The molecule has 0 radical (unpaired) electrons. The molecule has 0 aromatic heterocycles. The van der Waals surface area contributed by atoms with Gasteiger partial charge in [-0.15, -0.1) is 0 Å². The van der Waals surface area contributed by atoms with E-state index in [4.69, 9.17) is 20.5 Å². The molecule has 0 aromatic carbocycles. The Bertz CT molecular complexity index is 657. The lowest BCUT2D eigenvalue weighted by Crippen LogP contribution is -2.63. The van der Waals surface area contributed by atoms with Crippen LogP contribution < -0.4 is 0 Å². The second-order valence-electron chi connectivity index (χ2n) is 7.88. The van der Waals surface area contributed by atoms with E-state index in [0.717, 1.165) is 12.8 Å². The molecule has 13 heteroatoms. The van der Waals surface area contributed by atoms with Crippen molar-refractivity contribution in [3.05, 3.63) is 20.9 Å². The average Bonchev–Trinajstić information content (AvgIpc) is 2.71. The molecule has 11 atom stereocenters. The van der Waals surface area contributed by atoms with Gasteiger partial charge in [-0.1, -0.05) is 30.0 Å². The van der Waals surface area contributed by atoms with E-state index < -0.39 is 61.1 Å². The Morgan fingerprint density at radius 1 is 1.07 bits per heavy atom. The third kappa shape index (κ3) is 5.33. The van der Waals surface area contributed by atoms with Crippen LogP contribution in [0.4, 0.5) is 0 Å². The first-order valence-corrected chi connectivity index (χ1v) is 10.1. The van der Waals surface area contributed by atoms with Crippen molar-refractivity contribution in [3.8, 4) is 0 Å². The predicted molar refractivity (Wildman–Crippen MR) is 103 cm³/mol. The standard InChI is InChI=1S/C17H30N6O7/c1-3-4-5-8-6-9(20-22-18)16(13(27)11(8)25)30-17-10(21-23-19)12(26)14(28)15(29-17)7(2)24/h7-17,24-28H,3-6H2,1-2H3/t7-,8-,9?,10?,11?,12-,13-,14+,15?,16-,17-/m1/s1. The molecule has 1 aliphatic heterocycles. The van der Waals surface area contributed by atoms with Crippen molar-refractivity contribution in [3.63, 3.8) is 0 Å². The van der Waals surface area contributed by atoms with Crippen LogP contribution in [0.2, 0.25) is 0 Å². The molecule has 30 heavy (non-hydrogen) atoms. The number of hydrogen-bond acceptors (Lipinski definition) is 9. The van der Waals surface area contributed by atoms with Gasteiger partial charge in [-0.3, -0.25) is 0 Å². The third-order valence-electron chi connectivity index (χ3n) is 5.78. The van der Waals surface area contributed by atoms with Crippen LogP contribution in [0, 0.1) is 5.92 Å². The third-order valence-corrected chi connectivity index (χ3v) is 5.78. The predicted octanol–water partition coefficient (Wildman–Crippen LogP) is 0.489. The summed E-state index contributed by atoms with van der Waals surface area (Å²) in [6, 6.07) is -2.24. The van der Waals surface area contributed by atoms with Gasteiger partial charge in [-0.05, 0) is 36.7 Å². The summed E-state index contributed by atoms with van der Waals surface area (Å²) in [6.07, 6.45) is -8.24. The van der Waals surface area contributed by atoms with E-state index in [0.29, 0.717) is 6.42 Å². The minimum atomic E-state index is -1.61. The van der Waals surface area contributed by atoms with Gasteiger partial charge >= 0.3 is 0 Å². The van der Waals surface area contributed by atoms with E-state index in [1.54, 1.807) is 0 Å². The summed E-state index contributed by atoms with van der Waals surface area (Å²) in [4.78, 5) is 5.43. The topological polar surface area (TPSA) is 217 Å². The number of unbranched alkanes of at least 4 members (excludes halogenated alkanes) is 1. The number of ether oxygens (including phenoxy) is 2. The smallest absolute Gasteiger partial charge is 0.169 e. The fourth-order valence-corrected chi connectivity index (χ4v) is 4.11. The van der Waals surface area contributed by atoms with Crippen molar-refractivity contribution in [2.45, 2.75) is 101 Å². The maximum absolute atomic E-state index is 10.7. The SMILES string of the molecule is CCCC[C@@H]1CC(N=[N+]=[N-])[C@@H](O[C@H]2OC([C@@H](C)O)[C@@H](O)[C@H](O)C2N=[N+]=[N-])[C@H](O)C1O. The van der Waals surface area contributed by atoms with Crippen LogP contribution in [0.3, 0.4) is 0 Å². The number of aliphatic hydroxyl groups excluding tert-OH is 5. The zero-order valence-electron chi connectivity index (χ0n) is 16.9. The average molecular weight is 430 g/mol. The molecular formula is C17H30N6O7. The summed E-state index contributed by atoms with van der Waals surface area (Å²) in [6.45, 7) is 3.34. The lowest BCUT2D eigenvalue weighted by Gasteiger charge is -2.46. The summed E-state index contributed by atoms with van der Waals surface area (Å²) >= 11 is 0. The van der Waals surface area contributed by atoms with Crippen molar-refractivity contribution in [1.29, 1.82) is 0 Å². The molecule has 1 saturated heterocycles. The summed E-state index contributed by atoms with van der Waals surface area (Å²) in [5.74, 6) is -0.298. The maximum atomic E-state index is 10.7. The highest BCUT2D eigenvalue weighted by Crippen LogP contribution is 2.36. The highest BCUT2D eigenvalue weighted by molar-refractivity contribution is 5.00. The number of nitrogens with zero attached hydrogens (tertiary/aromatic N) is 6. The molecule has 1 saturated carbocycles. The Hall–Kier alpha value is -1.66. The summed E-state index contributed by atoms with van der Waals surface area (Å²) < 4.78 is 11.3. The van der Waals surface area contributed by atoms with Crippen molar-refractivity contribution in [2.24, 2.45) is 16.1 Å². The quantitative estimate of drug-likeness (QED) is 0.208. The van der Waals surface area contributed by atoms with Gasteiger partial charge in [0.15, 0.2) is 6.29 Å².